The third kappa shape index (κ3) is 5.14. The van der Waals surface area contributed by atoms with E-state index in [-0.39, 0.29) is 23.0 Å². The molecule has 0 aliphatic heterocycles. The fourth-order valence-electron chi connectivity index (χ4n) is 1.37. The van der Waals surface area contributed by atoms with Gasteiger partial charge in [-0.25, -0.2) is 17.9 Å². The summed E-state index contributed by atoms with van der Waals surface area (Å²) in [5.41, 5.74) is 0.0390. The van der Waals surface area contributed by atoms with E-state index in [1.54, 1.807) is 0 Å². The van der Waals surface area contributed by atoms with Crippen LogP contribution in [0.15, 0.2) is 23.1 Å². The maximum Gasteiger partial charge on any atom is 0.239 e. The van der Waals surface area contributed by atoms with Gasteiger partial charge in [-0.05, 0) is 24.1 Å². The average molecular weight is 303 g/mol. The molecule has 6 nitrogen and oxygen atoms in total. The quantitative estimate of drug-likeness (QED) is 0.718. The van der Waals surface area contributed by atoms with E-state index in [1.165, 1.54) is 12.1 Å². The zero-order valence-electron chi connectivity index (χ0n) is 11.3. The summed E-state index contributed by atoms with van der Waals surface area (Å²) in [6, 6.07) is 3.21. The van der Waals surface area contributed by atoms with Gasteiger partial charge in [0.1, 0.15) is 5.82 Å². The normalized spacial score (nSPS) is 11.4. The molecule has 1 rings (SSSR count). The molecule has 0 saturated carbocycles. The molecule has 0 atom stereocenters. The summed E-state index contributed by atoms with van der Waals surface area (Å²) in [6.45, 7) is 4.35. The van der Waals surface area contributed by atoms with Crippen molar-refractivity contribution in [3.63, 3.8) is 0 Å². The van der Waals surface area contributed by atoms with Gasteiger partial charge in [-0.15, -0.1) is 0 Å². The molecule has 0 heterocycles. The molecule has 1 aromatic carbocycles. The number of nitrogens with one attached hydrogen (secondary N) is 2. The van der Waals surface area contributed by atoms with Crippen molar-refractivity contribution in [2.75, 3.05) is 18.4 Å². The van der Waals surface area contributed by atoms with Gasteiger partial charge >= 0.3 is 0 Å². The molecule has 20 heavy (non-hydrogen) atoms. The first kappa shape index (κ1) is 16.4. The summed E-state index contributed by atoms with van der Waals surface area (Å²) in [7, 11) is -3.94. The van der Waals surface area contributed by atoms with Crippen LogP contribution in [0.25, 0.3) is 0 Å². The number of anilines is 1. The van der Waals surface area contributed by atoms with Gasteiger partial charge in [0, 0.05) is 6.54 Å². The SMILES string of the molecule is CC(C)CNC(=O)CNc1ccc(S(N)(=O)=O)cc1F. The van der Waals surface area contributed by atoms with Crippen LogP contribution in [0.1, 0.15) is 13.8 Å². The Hall–Kier alpha value is -1.67. The topological polar surface area (TPSA) is 101 Å². The largest absolute Gasteiger partial charge is 0.374 e. The fourth-order valence-corrected chi connectivity index (χ4v) is 1.90. The first-order valence-electron chi connectivity index (χ1n) is 6.03. The number of hydrogen-bond acceptors (Lipinski definition) is 4. The molecule has 0 aromatic heterocycles. The summed E-state index contributed by atoms with van der Waals surface area (Å²) in [4.78, 5) is 11.1. The molecule has 1 aromatic rings. The van der Waals surface area contributed by atoms with Crippen LogP contribution in [0, 0.1) is 11.7 Å². The van der Waals surface area contributed by atoms with Crippen LogP contribution in [0.2, 0.25) is 0 Å². The van der Waals surface area contributed by atoms with Crippen LogP contribution < -0.4 is 15.8 Å². The van der Waals surface area contributed by atoms with Crippen LogP contribution in [0.4, 0.5) is 10.1 Å². The number of rotatable bonds is 6. The highest BCUT2D eigenvalue weighted by Crippen LogP contribution is 2.17. The lowest BCUT2D eigenvalue weighted by Gasteiger charge is -2.10. The van der Waals surface area contributed by atoms with E-state index in [2.05, 4.69) is 10.6 Å². The van der Waals surface area contributed by atoms with Gasteiger partial charge in [0.2, 0.25) is 15.9 Å². The maximum atomic E-state index is 13.6. The molecule has 1 amide bonds. The minimum atomic E-state index is -3.94. The lowest BCUT2D eigenvalue weighted by molar-refractivity contribution is -0.119. The monoisotopic (exact) mass is 303 g/mol. The Morgan fingerprint density at radius 2 is 2.05 bits per heavy atom. The number of amides is 1. The number of carbonyl (C=O) groups excluding carboxylic acids is 1. The van der Waals surface area contributed by atoms with Gasteiger partial charge in [0.25, 0.3) is 0 Å². The van der Waals surface area contributed by atoms with Gasteiger partial charge in [-0.2, -0.15) is 0 Å². The van der Waals surface area contributed by atoms with E-state index < -0.39 is 15.8 Å². The highest BCUT2D eigenvalue weighted by Gasteiger charge is 2.12. The fraction of sp³-hybridized carbons (Fsp3) is 0.417. The molecule has 8 heteroatoms. The second-order valence-corrected chi connectivity index (χ2v) is 6.30. The number of carbonyl (C=O) groups is 1. The zero-order valence-corrected chi connectivity index (χ0v) is 12.1. The molecule has 0 unspecified atom stereocenters. The second kappa shape index (κ2) is 6.67. The van der Waals surface area contributed by atoms with Crippen molar-refractivity contribution in [3.8, 4) is 0 Å². The Morgan fingerprint density at radius 1 is 1.40 bits per heavy atom. The first-order valence-corrected chi connectivity index (χ1v) is 7.57. The first-order chi connectivity index (χ1) is 9.20. The summed E-state index contributed by atoms with van der Waals surface area (Å²) >= 11 is 0. The predicted octanol–water partition coefficient (Wildman–Crippen LogP) is 0.657. The third-order valence-corrected chi connectivity index (χ3v) is 3.33. The smallest absolute Gasteiger partial charge is 0.239 e. The molecule has 0 aliphatic rings. The number of nitrogens with two attached hydrogens (primary N) is 1. The Morgan fingerprint density at radius 3 is 2.55 bits per heavy atom. The predicted molar refractivity (Wildman–Crippen MR) is 74.1 cm³/mol. The van der Waals surface area contributed by atoms with Crippen LogP contribution in [0.3, 0.4) is 0 Å². The molecule has 0 bridgehead atoms. The molecule has 0 saturated heterocycles. The van der Waals surface area contributed by atoms with Crippen molar-refractivity contribution in [1.29, 1.82) is 0 Å². The Bertz CT molecular complexity index is 588. The average Bonchev–Trinajstić information content (AvgIpc) is 2.33. The lowest BCUT2D eigenvalue weighted by Crippen LogP contribution is -2.32. The van der Waals surface area contributed by atoms with Crippen LogP contribution in [-0.2, 0) is 14.8 Å². The number of benzene rings is 1. The standard InChI is InChI=1S/C12H18FN3O3S/c1-8(2)6-16-12(17)7-15-11-4-3-9(5-10(11)13)20(14,18)19/h3-5,8,15H,6-7H2,1-2H3,(H,16,17)(H2,14,18,19). The van der Waals surface area contributed by atoms with Crippen molar-refractivity contribution in [2.45, 2.75) is 18.7 Å². The summed E-state index contributed by atoms with van der Waals surface area (Å²) < 4.78 is 35.7. The van der Waals surface area contributed by atoms with Crippen LogP contribution in [-0.4, -0.2) is 27.4 Å². The van der Waals surface area contributed by atoms with E-state index in [0.29, 0.717) is 12.5 Å². The van der Waals surface area contributed by atoms with Crippen molar-refractivity contribution in [2.24, 2.45) is 11.1 Å². The second-order valence-electron chi connectivity index (χ2n) is 4.74. The van der Waals surface area contributed by atoms with E-state index in [4.69, 9.17) is 5.14 Å². The summed E-state index contributed by atoms with van der Waals surface area (Å²) in [5, 5.41) is 10.1. The van der Waals surface area contributed by atoms with E-state index in [0.717, 1.165) is 6.07 Å². The van der Waals surface area contributed by atoms with E-state index in [1.807, 2.05) is 13.8 Å². The van der Waals surface area contributed by atoms with Crippen molar-refractivity contribution >= 4 is 21.6 Å². The van der Waals surface area contributed by atoms with Crippen molar-refractivity contribution in [3.05, 3.63) is 24.0 Å². The molecular weight excluding hydrogens is 285 g/mol. The van der Waals surface area contributed by atoms with Crippen molar-refractivity contribution < 1.29 is 17.6 Å². The Balaban J connectivity index is 2.64. The van der Waals surface area contributed by atoms with Gasteiger partial charge in [0.15, 0.2) is 0 Å². The van der Waals surface area contributed by atoms with Crippen molar-refractivity contribution in [1.82, 2.24) is 5.32 Å². The molecule has 112 valence electrons. The molecule has 0 spiro atoms. The van der Waals surface area contributed by atoms with Gasteiger partial charge < -0.3 is 10.6 Å². The third-order valence-electron chi connectivity index (χ3n) is 2.42. The van der Waals surface area contributed by atoms with Gasteiger partial charge in [-0.3, -0.25) is 4.79 Å². The molecule has 0 fully saturated rings. The summed E-state index contributed by atoms with van der Waals surface area (Å²) in [6.07, 6.45) is 0. The van der Waals surface area contributed by atoms with E-state index >= 15 is 0 Å². The van der Waals surface area contributed by atoms with Crippen LogP contribution >= 0.6 is 0 Å². The Labute approximate surface area is 117 Å². The van der Waals surface area contributed by atoms with E-state index in [9.17, 15) is 17.6 Å². The lowest BCUT2D eigenvalue weighted by atomic mass is 10.2. The minimum absolute atomic E-state index is 0.0390. The number of hydrogen-bond donors (Lipinski definition) is 3. The zero-order chi connectivity index (χ0) is 15.3. The minimum Gasteiger partial charge on any atom is -0.374 e. The van der Waals surface area contributed by atoms with Gasteiger partial charge in [-0.1, -0.05) is 13.8 Å². The maximum absolute atomic E-state index is 13.6. The molecule has 4 N–H and O–H groups in total. The van der Waals surface area contributed by atoms with Gasteiger partial charge in [0.05, 0.1) is 17.1 Å². The highest BCUT2D eigenvalue weighted by molar-refractivity contribution is 7.89. The highest BCUT2D eigenvalue weighted by atomic mass is 32.2. The molecule has 0 radical (unpaired) electrons. The van der Waals surface area contributed by atoms with Crippen LogP contribution in [0.5, 0.6) is 0 Å². The number of sulfonamides is 1. The summed E-state index contributed by atoms with van der Waals surface area (Å²) in [5.74, 6) is -0.730. The number of halogens is 1. The molecule has 0 aliphatic carbocycles. The number of primary sulfonamides is 1. The molecular formula is C12H18FN3O3S. The Kier molecular flexibility index (Phi) is 5.46.